The van der Waals surface area contributed by atoms with E-state index in [0.717, 1.165) is 0 Å². The summed E-state index contributed by atoms with van der Waals surface area (Å²) in [6, 6.07) is 5.10. The summed E-state index contributed by atoms with van der Waals surface area (Å²) in [7, 11) is 0. The highest BCUT2D eigenvalue weighted by molar-refractivity contribution is 6.00. The van der Waals surface area contributed by atoms with Gasteiger partial charge in [-0.25, -0.2) is 9.59 Å². The fourth-order valence-electron chi connectivity index (χ4n) is 3.28. The molecule has 0 unspecified atom stereocenters. The minimum Gasteiger partial charge on any atom is -0.478 e. The van der Waals surface area contributed by atoms with Gasteiger partial charge in [0, 0.05) is 25.2 Å². The number of carboxylic acid groups (broad SMARTS) is 1. The van der Waals surface area contributed by atoms with Gasteiger partial charge in [-0.15, -0.1) is 0 Å². The second-order valence-corrected chi connectivity index (χ2v) is 6.16. The number of carbonyl (C=O) groups is 2. The van der Waals surface area contributed by atoms with Crippen LogP contribution in [0.3, 0.4) is 0 Å². The summed E-state index contributed by atoms with van der Waals surface area (Å²) < 4.78 is 10.9. The normalized spacial score (nSPS) is 20.8. The zero-order valence-electron chi connectivity index (χ0n) is 14.4. The third-order valence-electron chi connectivity index (χ3n) is 4.30. The first-order chi connectivity index (χ1) is 11.9. The number of nitrogens with zero attached hydrogens (tertiary/aromatic N) is 3. The molecular weight excluding hydrogens is 326 g/mol. The molecule has 134 valence electrons. The van der Waals surface area contributed by atoms with Crippen LogP contribution in [-0.4, -0.2) is 58.8 Å². The lowest BCUT2D eigenvalue weighted by atomic mass is 10.1. The smallest absolute Gasteiger partial charge is 0.409 e. The molecule has 8 nitrogen and oxygen atoms in total. The molecule has 0 spiro atoms. The largest absolute Gasteiger partial charge is 0.478 e. The van der Waals surface area contributed by atoms with Gasteiger partial charge in [0.25, 0.3) is 6.01 Å². The summed E-state index contributed by atoms with van der Waals surface area (Å²) in [6.45, 7) is 7.01. The van der Waals surface area contributed by atoms with Gasteiger partial charge in [-0.3, -0.25) is 0 Å². The van der Waals surface area contributed by atoms with Crippen molar-refractivity contribution in [2.75, 3.05) is 24.6 Å². The molecule has 25 heavy (non-hydrogen) atoms. The van der Waals surface area contributed by atoms with E-state index in [9.17, 15) is 14.7 Å². The molecule has 0 bridgehead atoms. The minimum absolute atomic E-state index is 0.0468. The molecule has 1 aromatic heterocycles. The Morgan fingerprint density at radius 3 is 2.60 bits per heavy atom. The molecule has 0 saturated carbocycles. The number of fused-ring (bicyclic) bond motifs is 1. The summed E-state index contributed by atoms with van der Waals surface area (Å²) in [5, 5.41) is 9.30. The van der Waals surface area contributed by atoms with Crippen molar-refractivity contribution in [1.82, 2.24) is 9.88 Å². The van der Waals surface area contributed by atoms with E-state index in [1.165, 1.54) is 6.07 Å². The van der Waals surface area contributed by atoms with Crippen LogP contribution in [0.5, 0.6) is 0 Å². The number of anilines is 1. The van der Waals surface area contributed by atoms with Gasteiger partial charge >= 0.3 is 12.1 Å². The number of benzene rings is 1. The molecule has 3 rings (SSSR count). The number of para-hydroxylation sites is 1. The first-order valence-electron chi connectivity index (χ1n) is 8.25. The zero-order chi connectivity index (χ0) is 18.1. The van der Waals surface area contributed by atoms with Gasteiger partial charge in [-0.05, 0) is 32.9 Å². The first-order valence-corrected chi connectivity index (χ1v) is 8.25. The molecule has 1 aliphatic heterocycles. The molecule has 1 aromatic carbocycles. The van der Waals surface area contributed by atoms with E-state index in [-0.39, 0.29) is 23.7 Å². The van der Waals surface area contributed by atoms with E-state index >= 15 is 0 Å². The van der Waals surface area contributed by atoms with E-state index in [1.54, 1.807) is 24.0 Å². The zero-order valence-corrected chi connectivity index (χ0v) is 14.4. The number of oxazole rings is 1. The SMILES string of the molecule is CCOC(=O)N1C[C@H](C)N(c2nc3c(C(=O)O)cccc3o2)[C@@H](C)C1. The van der Waals surface area contributed by atoms with Crippen molar-refractivity contribution in [3.8, 4) is 0 Å². The Balaban J connectivity index is 1.89. The predicted molar refractivity (Wildman–Crippen MR) is 91.0 cm³/mol. The van der Waals surface area contributed by atoms with E-state index in [1.807, 2.05) is 18.7 Å². The third kappa shape index (κ3) is 3.11. The van der Waals surface area contributed by atoms with Crippen LogP contribution in [0.25, 0.3) is 11.1 Å². The number of piperazine rings is 1. The van der Waals surface area contributed by atoms with Gasteiger partial charge in [-0.1, -0.05) is 6.07 Å². The fourth-order valence-corrected chi connectivity index (χ4v) is 3.28. The lowest BCUT2D eigenvalue weighted by molar-refractivity contribution is 0.0698. The predicted octanol–water partition coefficient (Wildman–Crippen LogP) is 2.58. The fraction of sp³-hybridized carbons (Fsp3) is 0.471. The van der Waals surface area contributed by atoms with Gasteiger partial charge in [0.15, 0.2) is 5.58 Å². The summed E-state index contributed by atoms with van der Waals surface area (Å²) >= 11 is 0. The standard InChI is InChI=1S/C17H21N3O5/c1-4-24-17(23)19-8-10(2)20(11(3)9-19)16-18-14-12(15(21)22)6-5-7-13(14)25-16/h5-7,10-11H,4,8-9H2,1-3H3,(H,21,22)/t10-,11-/m0/s1. The molecular formula is C17H21N3O5. The highest BCUT2D eigenvalue weighted by atomic mass is 16.6. The summed E-state index contributed by atoms with van der Waals surface area (Å²) in [5.41, 5.74) is 0.873. The van der Waals surface area contributed by atoms with Crippen molar-refractivity contribution in [2.24, 2.45) is 0 Å². The molecule has 1 aliphatic rings. The molecule has 8 heteroatoms. The van der Waals surface area contributed by atoms with Gasteiger partial charge in [0.1, 0.15) is 5.52 Å². The van der Waals surface area contributed by atoms with E-state index < -0.39 is 5.97 Å². The summed E-state index contributed by atoms with van der Waals surface area (Å²) in [6.07, 6.45) is -0.327. The number of hydrogen-bond donors (Lipinski definition) is 1. The second kappa shape index (κ2) is 6.62. The van der Waals surface area contributed by atoms with Crippen LogP contribution in [-0.2, 0) is 4.74 Å². The van der Waals surface area contributed by atoms with Crippen molar-refractivity contribution >= 4 is 29.2 Å². The summed E-state index contributed by atoms with van der Waals surface area (Å²) in [5.74, 6) is -1.04. The van der Waals surface area contributed by atoms with E-state index in [4.69, 9.17) is 9.15 Å². The highest BCUT2D eigenvalue weighted by Crippen LogP contribution is 2.29. The molecule has 2 heterocycles. The minimum atomic E-state index is -1.04. The maximum absolute atomic E-state index is 12.0. The Morgan fingerprint density at radius 2 is 2.00 bits per heavy atom. The maximum Gasteiger partial charge on any atom is 0.409 e. The van der Waals surface area contributed by atoms with Gasteiger partial charge in [0.2, 0.25) is 0 Å². The lowest BCUT2D eigenvalue weighted by Gasteiger charge is -2.42. The molecule has 0 radical (unpaired) electrons. The molecule has 1 amide bonds. The van der Waals surface area contributed by atoms with Crippen LogP contribution in [0, 0.1) is 0 Å². The van der Waals surface area contributed by atoms with Crippen LogP contribution in [0.4, 0.5) is 10.8 Å². The van der Waals surface area contributed by atoms with Gasteiger partial charge < -0.3 is 24.1 Å². The first kappa shape index (κ1) is 17.1. The topological polar surface area (TPSA) is 96.1 Å². The van der Waals surface area contributed by atoms with Crippen molar-refractivity contribution in [1.29, 1.82) is 0 Å². The molecule has 2 atom stereocenters. The Morgan fingerprint density at radius 1 is 1.32 bits per heavy atom. The van der Waals surface area contributed by atoms with Crippen molar-refractivity contribution < 1.29 is 23.8 Å². The quantitative estimate of drug-likeness (QED) is 0.911. The number of aromatic nitrogens is 1. The number of rotatable bonds is 3. The van der Waals surface area contributed by atoms with Gasteiger partial charge in [0.05, 0.1) is 12.2 Å². The third-order valence-corrected chi connectivity index (χ3v) is 4.30. The Hall–Kier alpha value is -2.77. The molecule has 1 N–H and O–H groups in total. The molecule has 2 aromatic rings. The lowest BCUT2D eigenvalue weighted by Crippen LogP contribution is -2.58. The van der Waals surface area contributed by atoms with Crippen LogP contribution in [0.15, 0.2) is 22.6 Å². The van der Waals surface area contributed by atoms with Crippen LogP contribution < -0.4 is 4.90 Å². The van der Waals surface area contributed by atoms with Crippen molar-refractivity contribution in [2.45, 2.75) is 32.9 Å². The Kier molecular flexibility index (Phi) is 4.52. The van der Waals surface area contributed by atoms with Crippen molar-refractivity contribution in [3.05, 3.63) is 23.8 Å². The number of carbonyl (C=O) groups excluding carboxylic acids is 1. The second-order valence-electron chi connectivity index (χ2n) is 6.16. The van der Waals surface area contributed by atoms with E-state index in [2.05, 4.69) is 4.98 Å². The average Bonchev–Trinajstić information content (AvgIpc) is 2.97. The average molecular weight is 347 g/mol. The van der Waals surface area contributed by atoms with E-state index in [0.29, 0.717) is 36.8 Å². The highest BCUT2D eigenvalue weighted by Gasteiger charge is 2.35. The Bertz CT molecular complexity index is 791. The number of ether oxygens (including phenoxy) is 1. The van der Waals surface area contributed by atoms with Crippen LogP contribution in [0.2, 0.25) is 0 Å². The van der Waals surface area contributed by atoms with Crippen LogP contribution in [0.1, 0.15) is 31.1 Å². The molecule has 1 fully saturated rings. The number of amides is 1. The summed E-state index contributed by atoms with van der Waals surface area (Å²) in [4.78, 5) is 31.4. The Labute approximate surface area is 145 Å². The molecule has 1 saturated heterocycles. The van der Waals surface area contributed by atoms with Crippen molar-refractivity contribution in [3.63, 3.8) is 0 Å². The molecule has 0 aliphatic carbocycles. The van der Waals surface area contributed by atoms with Gasteiger partial charge in [-0.2, -0.15) is 4.98 Å². The monoisotopic (exact) mass is 347 g/mol. The number of carboxylic acids is 1. The van der Waals surface area contributed by atoms with Crippen LogP contribution >= 0.6 is 0 Å². The number of aromatic carboxylic acids is 1. The number of hydrogen-bond acceptors (Lipinski definition) is 6. The maximum atomic E-state index is 12.0.